The highest BCUT2D eigenvalue weighted by Gasteiger charge is 2.09. The number of benzene rings is 1. The maximum absolute atomic E-state index is 12.1. The van der Waals surface area contributed by atoms with Gasteiger partial charge in [0.1, 0.15) is 5.82 Å². The van der Waals surface area contributed by atoms with Gasteiger partial charge < -0.3 is 10.6 Å². The summed E-state index contributed by atoms with van der Waals surface area (Å²) in [6.45, 7) is 1.18. The Morgan fingerprint density at radius 2 is 1.93 bits per heavy atom. The number of aromatic nitrogens is 4. The smallest absolute Gasteiger partial charge is 0.251 e. The molecule has 0 saturated heterocycles. The van der Waals surface area contributed by atoms with Crippen molar-refractivity contribution in [3.8, 4) is 0 Å². The minimum absolute atomic E-state index is 0.101. The molecule has 27 heavy (non-hydrogen) atoms. The van der Waals surface area contributed by atoms with Crippen molar-refractivity contribution in [2.75, 3.05) is 11.9 Å². The molecule has 0 unspecified atom stereocenters. The van der Waals surface area contributed by atoms with Crippen LogP contribution in [0.2, 0.25) is 0 Å². The molecule has 1 aromatic carbocycles. The van der Waals surface area contributed by atoms with Crippen molar-refractivity contribution >= 4 is 28.7 Å². The number of rotatable bonds is 7. The Hall–Kier alpha value is -3.26. The fraction of sp³-hybridized carbons (Fsp3) is 0.158. The number of hydrogen-bond donors (Lipinski definition) is 2. The number of nitrogens with one attached hydrogen (secondary N) is 2. The molecule has 0 aliphatic rings. The first-order valence-electron chi connectivity index (χ1n) is 8.60. The van der Waals surface area contributed by atoms with E-state index in [0.29, 0.717) is 30.0 Å². The fourth-order valence-corrected chi connectivity index (χ4v) is 3.30. The molecule has 0 radical (unpaired) electrons. The van der Waals surface area contributed by atoms with Gasteiger partial charge in [-0.2, -0.15) is 4.52 Å². The van der Waals surface area contributed by atoms with E-state index in [0.717, 1.165) is 12.4 Å². The molecule has 4 aromatic rings. The summed E-state index contributed by atoms with van der Waals surface area (Å²) in [5.41, 5.74) is 1.32. The van der Waals surface area contributed by atoms with Crippen LogP contribution in [-0.2, 0) is 13.0 Å². The van der Waals surface area contributed by atoms with Gasteiger partial charge in [-0.1, -0.05) is 24.3 Å². The first-order chi connectivity index (χ1) is 13.3. The van der Waals surface area contributed by atoms with Gasteiger partial charge >= 0.3 is 0 Å². The monoisotopic (exact) mass is 378 g/mol. The molecule has 2 N–H and O–H groups in total. The van der Waals surface area contributed by atoms with Crippen molar-refractivity contribution < 1.29 is 4.79 Å². The number of carbonyl (C=O) groups excluding carboxylic acids is 1. The zero-order valence-electron chi connectivity index (χ0n) is 14.5. The summed E-state index contributed by atoms with van der Waals surface area (Å²) in [5.74, 6) is 1.36. The second-order valence-corrected chi connectivity index (χ2v) is 6.94. The van der Waals surface area contributed by atoms with Gasteiger partial charge in [0, 0.05) is 23.4 Å². The first kappa shape index (κ1) is 17.2. The summed E-state index contributed by atoms with van der Waals surface area (Å²) in [6.07, 6.45) is 0.543. The summed E-state index contributed by atoms with van der Waals surface area (Å²) >= 11 is 1.70. The van der Waals surface area contributed by atoms with Gasteiger partial charge in [0.2, 0.25) is 0 Å². The molecule has 1 amide bonds. The van der Waals surface area contributed by atoms with Crippen molar-refractivity contribution in [2.24, 2.45) is 0 Å². The van der Waals surface area contributed by atoms with E-state index in [4.69, 9.17) is 0 Å². The molecule has 8 heteroatoms. The SMILES string of the molecule is O=C(NCCc1nnc2ccc(NCc3cccs3)nn12)c1ccccc1. The van der Waals surface area contributed by atoms with Crippen molar-refractivity contribution in [1.29, 1.82) is 0 Å². The van der Waals surface area contributed by atoms with E-state index >= 15 is 0 Å². The van der Waals surface area contributed by atoms with Crippen LogP contribution < -0.4 is 10.6 Å². The lowest BCUT2D eigenvalue weighted by Gasteiger charge is -2.06. The third kappa shape index (κ3) is 4.12. The molecule has 3 aromatic heterocycles. The molecule has 0 aliphatic carbocycles. The predicted octanol–water partition coefficient (Wildman–Crippen LogP) is 2.77. The Morgan fingerprint density at radius 1 is 1.04 bits per heavy atom. The quantitative estimate of drug-likeness (QED) is 0.517. The average Bonchev–Trinajstić information content (AvgIpc) is 3.37. The number of nitrogens with zero attached hydrogens (tertiary/aromatic N) is 4. The lowest BCUT2D eigenvalue weighted by Crippen LogP contribution is -2.26. The molecule has 4 rings (SSSR count). The average molecular weight is 378 g/mol. The highest BCUT2D eigenvalue weighted by Crippen LogP contribution is 2.12. The van der Waals surface area contributed by atoms with Gasteiger partial charge in [-0.3, -0.25) is 4.79 Å². The van der Waals surface area contributed by atoms with Gasteiger partial charge in [-0.05, 0) is 35.7 Å². The van der Waals surface area contributed by atoms with E-state index in [9.17, 15) is 4.79 Å². The standard InChI is InChI=1S/C19H18N6OS/c26-19(14-5-2-1-3-6-14)20-11-10-18-23-22-17-9-8-16(24-25(17)18)21-13-15-7-4-12-27-15/h1-9,12H,10-11,13H2,(H,20,26)(H,21,24). The zero-order valence-corrected chi connectivity index (χ0v) is 15.3. The molecule has 0 spiro atoms. The Morgan fingerprint density at radius 3 is 2.74 bits per heavy atom. The molecule has 0 atom stereocenters. The van der Waals surface area contributed by atoms with E-state index in [1.807, 2.05) is 36.4 Å². The summed E-state index contributed by atoms with van der Waals surface area (Å²) in [6, 6.07) is 17.0. The zero-order chi connectivity index (χ0) is 18.5. The second-order valence-electron chi connectivity index (χ2n) is 5.91. The molecule has 0 fully saturated rings. The van der Waals surface area contributed by atoms with Crippen LogP contribution in [0.1, 0.15) is 21.1 Å². The Kier molecular flexibility index (Phi) is 5.06. The molecule has 7 nitrogen and oxygen atoms in total. The predicted molar refractivity (Wildman–Crippen MR) is 105 cm³/mol. The van der Waals surface area contributed by atoms with Crippen LogP contribution in [0.15, 0.2) is 60.0 Å². The lowest BCUT2D eigenvalue weighted by atomic mass is 10.2. The first-order valence-corrected chi connectivity index (χ1v) is 9.48. The highest BCUT2D eigenvalue weighted by molar-refractivity contribution is 7.09. The Balaban J connectivity index is 1.39. The van der Waals surface area contributed by atoms with Crippen LogP contribution in [0, 0.1) is 0 Å². The van der Waals surface area contributed by atoms with Gasteiger partial charge in [0.25, 0.3) is 5.91 Å². The van der Waals surface area contributed by atoms with Gasteiger partial charge in [-0.25, -0.2) is 0 Å². The summed E-state index contributed by atoms with van der Waals surface area (Å²) in [7, 11) is 0. The van der Waals surface area contributed by atoms with E-state index in [-0.39, 0.29) is 5.91 Å². The van der Waals surface area contributed by atoms with E-state index < -0.39 is 0 Å². The second kappa shape index (κ2) is 7.96. The van der Waals surface area contributed by atoms with E-state index in [1.54, 1.807) is 28.0 Å². The summed E-state index contributed by atoms with van der Waals surface area (Å²) in [4.78, 5) is 13.4. The number of anilines is 1. The third-order valence-corrected chi connectivity index (χ3v) is 4.90. The fourth-order valence-electron chi connectivity index (χ4n) is 2.65. The van der Waals surface area contributed by atoms with Crippen molar-refractivity contribution in [3.05, 3.63) is 76.2 Å². The van der Waals surface area contributed by atoms with Crippen LogP contribution in [0.3, 0.4) is 0 Å². The van der Waals surface area contributed by atoms with Crippen LogP contribution in [0.5, 0.6) is 0 Å². The Labute approximate surface area is 160 Å². The number of thiophene rings is 1. The topological polar surface area (TPSA) is 84.2 Å². The number of carbonyl (C=O) groups is 1. The van der Waals surface area contributed by atoms with Gasteiger partial charge in [0.15, 0.2) is 11.5 Å². The maximum atomic E-state index is 12.1. The summed E-state index contributed by atoms with van der Waals surface area (Å²) < 4.78 is 1.71. The molecule has 0 bridgehead atoms. The molecule has 136 valence electrons. The minimum atomic E-state index is -0.101. The largest absolute Gasteiger partial charge is 0.364 e. The van der Waals surface area contributed by atoms with E-state index in [1.165, 1.54) is 4.88 Å². The van der Waals surface area contributed by atoms with Gasteiger partial charge in [-0.15, -0.1) is 26.6 Å². The molecule has 0 aliphatic heterocycles. The third-order valence-electron chi connectivity index (χ3n) is 4.02. The van der Waals surface area contributed by atoms with Crippen LogP contribution in [0.25, 0.3) is 5.65 Å². The van der Waals surface area contributed by atoms with Crippen molar-refractivity contribution in [3.63, 3.8) is 0 Å². The number of amides is 1. The maximum Gasteiger partial charge on any atom is 0.251 e. The van der Waals surface area contributed by atoms with E-state index in [2.05, 4.69) is 37.4 Å². The molecular formula is C19H18N6OS. The Bertz CT molecular complexity index is 1030. The van der Waals surface area contributed by atoms with Crippen LogP contribution >= 0.6 is 11.3 Å². The molecular weight excluding hydrogens is 360 g/mol. The van der Waals surface area contributed by atoms with Crippen LogP contribution in [-0.4, -0.2) is 32.3 Å². The van der Waals surface area contributed by atoms with Crippen molar-refractivity contribution in [2.45, 2.75) is 13.0 Å². The number of hydrogen-bond acceptors (Lipinski definition) is 6. The van der Waals surface area contributed by atoms with Crippen molar-refractivity contribution in [1.82, 2.24) is 25.1 Å². The molecule has 0 saturated carbocycles. The molecule has 3 heterocycles. The van der Waals surface area contributed by atoms with Gasteiger partial charge in [0.05, 0.1) is 6.54 Å². The van der Waals surface area contributed by atoms with Crippen LogP contribution in [0.4, 0.5) is 5.82 Å². The normalized spacial score (nSPS) is 10.8. The summed E-state index contributed by atoms with van der Waals surface area (Å²) in [5, 5.41) is 21.1. The highest BCUT2D eigenvalue weighted by atomic mass is 32.1. The number of fused-ring (bicyclic) bond motifs is 1. The minimum Gasteiger partial charge on any atom is -0.364 e. The lowest BCUT2D eigenvalue weighted by molar-refractivity contribution is 0.0954.